The molecule has 0 aromatic heterocycles. The van der Waals surface area contributed by atoms with Crippen LogP contribution in [-0.4, -0.2) is 14.2 Å². The van der Waals surface area contributed by atoms with E-state index < -0.39 is 0 Å². The summed E-state index contributed by atoms with van der Waals surface area (Å²) in [6, 6.07) is 13.0. The molecular formula is C17H20BrNO. The Labute approximate surface area is 129 Å². The lowest BCUT2D eigenvalue weighted by Crippen LogP contribution is -2.18. The highest BCUT2D eigenvalue weighted by Gasteiger charge is 2.14. The smallest absolute Gasteiger partial charge is 0.133 e. The molecule has 106 valence electrons. The number of hydrogen-bond acceptors (Lipinski definition) is 2. The number of ether oxygens (including phenoxy) is 1. The van der Waals surface area contributed by atoms with Crippen molar-refractivity contribution in [3.63, 3.8) is 0 Å². The van der Waals surface area contributed by atoms with Crippen LogP contribution in [0, 0.1) is 13.8 Å². The fraction of sp³-hybridized carbons (Fsp3) is 0.294. The van der Waals surface area contributed by atoms with Gasteiger partial charge in [0.05, 0.1) is 17.6 Å². The van der Waals surface area contributed by atoms with E-state index in [1.165, 1.54) is 22.3 Å². The van der Waals surface area contributed by atoms with Crippen LogP contribution in [0.3, 0.4) is 0 Å². The van der Waals surface area contributed by atoms with Crippen molar-refractivity contribution >= 4 is 15.9 Å². The fourth-order valence-electron chi connectivity index (χ4n) is 2.56. The number of methoxy groups -OCH3 is 1. The Morgan fingerprint density at radius 3 is 2.15 bits per heavy atom. The maximum Gasteiger partial charge on any atom is 0.133 e. The van der Waals surface area contributed by atoms with E-state index in [9.17, 15) is 0 Å². The molecule has 0 saturated heterocycles. The third-order valence-corrected chi connectivity index (χ3v) is 3.99. The molecule has 0 heterocycles. The standard InChI is InChI=1S/C17H20BrNO/c1-11-7-12(2)9-14(8-11)17(19-3)13-5-6-16(20-4)15(18)10-13/h5-10,17,19H,1-4H3. The number of rotatable bonds is 4. The van der Waals surface area contributed by atoms with Crippen molar-refractivity contribution < 1.29 is 4.74 Å². The Hall–Kier alpha value is -1.32. The van der Waals surface area contributed by atoms with Crippen molar-refractivity contribution in [2.75, 3.05) is 14.2 Å². The summed E-state index contributed by atoms with van der Waals surface area (Å²) in [5.41, 5.74) is 5.06. The van der Waals surface area contributed by atoms with Crippen molar-refractivity contribution in [1.29, 1.82) is 0 Å². The zero-order chi connectivity index (χ0) is 14.7. The topological polar surface area (TPSA) is 21.3 Å². The van der Waals surface area contributed by atoms with E-state index in [0.29, 0.717) is 0 Å². The molecular weight excluding hydrogens is 314 g/mol. The number of hydrogen-bond donors (Lipinski definition) is 1. The molecule has 0 fully saturated rings. The highest BCUT2D eigenvalue weighted by Crippen LogP contribution is 2.31. The lowest BCUT2D eigenvalue weighted by molar-refractivity contribution is 0.412. The molecule has 0 aliphatic heterocycles. The van der Waals surface area contributed by atoms with Gasteiger partial charge in [0.25, 0.3) is 0 Å². The van der Waals surface area contributed by atoms with E-state index >= 15 is 0 Å². The Bertz CT molecular complexity index is 590. The largest absolute Gasteiger partial charge is 0.496 e. The summed E-state index contributed by atoms with van der Waals surface area (Å²) < 4.78 is 6.26. The van der Waals surface area contributed by atoms with E-state index in [0.717, 1.165) is 10.2 Å². The molecule has 1 atom stereocenters. The second-order valence-electron chi connectivity index (χ2n) is 5.04. The van der Waals surface area contributed by atoms with Crippen LogP contribution in [0.1, 0.15) is 28.3 Å². The fourth-order valence-corrected chi connectivity index (χ4v) is 3.12. The molecule has 1 N–H and O–H groups in total. The van der Waals surface area contributed by atoms with Crippen LogP contribution in [0.15, 0.2) is 40.9 Å². The van der Waals surface area contributed by atoms with Crippen LogP contribution < -0.4 is 10.1 Å². The molecule has 0 spiro atoms. The minimum atomic E-state index is 0.177. The first-order valence-corrected chi connectivity index (χ1v) is 7.43. The van der Waals surface area contributed by atoms with Gasteiger partial charge in [0.2, 0.25) is 0 Å². The Balaban J connectivity index is 2.44. The molecule has 0 radical (unpaired) electrons. The lowest BCUT2D eigenvalue weighted by atomic mass is 9.96. The van der Waals surface area contributed by atoms with Gasteiger partial charge in [-0.25, -0.2) is 0 Å². The normalized spacial score (nSPS) is 12.2. The number of halogens is 1. The minimum Gasteiger partial charge on any atom is -0.496 e. The first kappa shape index (κ1) is 15.1. The van der Waals surface area contributed by atoms with Gasteiger partial charge in [0.15, 0.2) is 0 Å². The van der Waals surface area contributed by atoms with Crippen molar-refractivity contribution in [2.24, 2.45) is 0 Å². The first-order chi connectivity index (χ1) is 9.55. The van der Waals surface area contributed by atoms with Gasteiger partial charge in [-0.1, -0.05) is 35.4 Å². The van der Waals surface area contributed by atoms with Crippen molar-refractivity contribution in [1.82, 2.24) is 5.32 Å². The van der Waals surface area contributed by atoms with Crippen LogP contribution >= 0.6 is 15.9 Å². The van der Waals surface area contributed by atoms with Crippen LogP contribution in [0.4, 0.5) is 0 Å². The van der Waals surface area contributed by atoms with Gasteiger partial charge in [-0.15, -0.1) is 0 Å². The Morgan fingerprint density at radius 2 is 1.65 bits per heavy atom. The highest BCUT2D eigenvalue weighted by molar-refractivity contribution is 9.10. The molecule has 0 aliphatic rings. The molecule has 0 amide bonds. The molecule has 0 saturated carbocycles. The maximum atomic E-state index is 5.29. The van der Waals surface area contributed by atoms with E-state index in [4.69, 9.17) is 4.74 Å². The zero-order valence-corrected chi connectivity index (χ0v) is 13.9. The molecule has 2 aromatic carbocycles. The highest BCUT2D eigenvalue weighted by atomic mass is 79.9. The molecule has 2 aromatic rings. The van der Waals surface area contributed by atoms with E-state index in [-0.39, 0.29) is 6.04 Å². The van der Waals surface area contributed by atoms with Gasteiger partial charge >= 0.3 is 0 Å². The molecule has 20 heavy (non-hydrogen) atoms. The van der Waals surface area contributed by atoms with Crippen molar-refractivity contribution in [3.8, 4) is 5.75 Å². The molecule has 1 unspecified atom stereocenters. The van der Waals surface area contributed by atoms with Crippen LogP contribution in [0.2, 0.25) is 0 Å². The predicted octanol–water partition coefficient (Wildman–Crippen LogP) is 4.38. The molecule has 2 rings (SSSR count). The molecule has 0 bridgehead atoms. The summed E-state index contributed by atoms with van der Waals surface area (Å²) in [6.45, 7) is 4.26. The van der Waals surface area contributed by atoms with Gasteiger partial charge < -0.3 is 10.1 Å². The number of benzene rings is 2. The summed E-state index contributed by atoms with van der Waals surface area (Å²) in [4.78, 5) is 0. The van der Waals surface area contributed by atoms with Crippen LogP contribution in [0.5, 0.6) is 5.75 Å². The maximum absolute atomic E-state index is 5.29. The van der Waals surface area contributed by atoms with E-state index in [2.05, 4.69) is 65.4 Å². The average molecular weight is 334 g/mol. The van der Waals surface area contributed by atoms with Gasteiger partial charge in [0, 0.05) is 0 Å². The molecule has 3 heteroatoms. The first-order valence-electron chi connectivity index (χ1n) is 6.64. The van der Waals surface area contributed by atoms with Gasteiger partial charge in [-0.05, 0) is 60.1 Å². The average Bonchev–Trinajstić information content (AvgIpc) is 2.38. The molecule has 0 aliphatic carbocycles. The predicted molar refractivity (Wildman–Crippen MR) is 87.5 cm³/mol. The quantitative estimate of drug-likeness (QED) is 0.896. The Kier molecular flexibility index (Phi) is 4.84. The van der Waals surface area contributed by atoms with E-state index in [1.807, 2.05) is 13.1 Å². The van der Waals surface area contributed by atoms with Gasteiger partial charge in [-0.3, -0.25) is 0 Å². The van der Waals surface area contributed by atoms with Crippen molar-refractivity contribution in [2.45, 2.75) is 19.9 Å². The Morgan fingerprint density at radius 1 is 1.00 bits per heavy atom. The monoisotopic (exact) mass is 333 g/mol. The summed E-state index contributed by atoms with van der Waals surface area (Å²) in [5.74, 6) is 0.851. The third-order valence-electron chi connectivity index (χ3n) is 3.38. The second-order valence-corrected chi connectivity index (χ2v) is 5.89. The number of nitrogens with one attached hydrogen (secondary N) is 1. The van der Waals surface area contributed by atoms with Gasteiger partial charge in [-0.2, -0.15) is 0 Å². The second kappa shape index (κ2) is 6.42. The summed E-state index contributed by atoms with van der Waals surface area (Å²) in [7, 11) is 3.67. The number of aryl methyl sites for hydroxylation is 2. The lowest BCUT2D eigenvalue weighted by Gasteiger charge is -2.19. The van der Waals surface area contributed by atoms with Crippen molar-refractivity contribution in [3.05, 3.63) is 63.1 Å². The van der Waals surface area contributed by atoms with Gasteiger partial charge in [0.1, 0.15) is 5.75 Å². The SMILES string of the molecule is CNC(c1cc(C)cc(C)c1)c1ccc(OC)c(Br)c1. The zero-order valence-electron chi connectivity index (χ0n) is 12.3. The summed E-state index contributed by atoms with van der Waals surface area (Å²) in [6.07, 6.45) is 0. The van der Waals surface area contributed by atoms with E-state index in [1.54, 1.807) is 7.11 Å². The molecule has 2 nitrogen and oxygen atoms in total. The third kappa shape index (κ3) is 3.22. The summed E-state index contributed by atoms with van der Waals surface area (Å²) >= 11 is 3.55. The van der Waals surface area contributed by atoms with Crippen LogP contribution in [-0.2, 0) is 0 Å². The minimum absolute atomic E-state index is 0.177. The van der Waals surface area contributed by atoms with Crippen LogP contribution in [0.25, 0.3) is 0 Å². The summed E-state index contributed by atoms with van der Waals surface area (Å²) in [5, 5.41) is 3.39.